The molecule has 1 aliphatic heterocycles. The second-order valence-electron chi connectivity index (χ2n) is 8.56. The molecule has 1 aliphatic rings. The van der Waals surface area contributed by atoms with Crippen LogP contribution in [0, 0.1) is 11.3 Å². The quantitative estimate of drug-likeness (QED) is 0.216. The number of para-hydroxylation sites is 1. The second-order valence-corrected chi connectivity index (χ2v) is 9.75. The summed E-state index contributed by atoms with van der Waals surface area (Å²) in [6.07, 6.45) is -4.58. The van der Waals surface area contributed by atoms with E-state index in [1.165, 1.54) is 41.3 Å². The lowest BCUT2D eigenvalue weighted by Crippen LogP contribution is -2.31. The molecular formula is C29H22F3N3O4S. The molecule has 0 aliphatic carbocycles. The number of amides is 2. The van der Waals surface area contributed by atoms with Gasteiger partial charge in [-0.1, -0.05) is 48.2 Å². The predicted octanol–water partition coefficient (Wildman–Crippen LogP) is 5.95. The SMILES string of the molecule is CCOC(=O)c1ccc(NC(=O)/C(C#N)=C2\S[C@@H](Cc3cccc(C(F)(F)F)c3)C(=O)N2c2ccccc2)cc1. The summed E-state index contributed by atoms with van der Waals surface area (Å²) in [7, 11) is 0. The predicted molar refractivity (Wildman–Crippen MR) is 144 cm³/mol. The van der Waals surface area contributed by atoms with Gasteiger partial charge in [-0.05, 0) is 61.4 Å². The van der Waals surface area contributed by atoms with Crippen LogP contribution < -0.4 is 10.2 Å². The summed E-state index contributed by atoms with van der Waals surface area (Å²) in [6, 6.07) is 20.8. The minimum Gasteiger partial charge on any atom is -0.462 e. The Hall–Kier alpha value is -4.56. The minimum atomic E-state index is -4.54. The fraction of sp³-hybridized carbons (Fsp3) is 0.172. The van der Waals surface area contributed by atoms with Gasteiger partial charge >= 0.3 is 12.1 Å². The number of nitrogens with one attached hydrogen (secondary N) is 1. The molecule has 0 saturated carbocycles. The van der Waals surface area contributed by atoms with Gasteiger partial charge in [0.1, 0.15) is 16.7 Å². The van der Waals surface area contributed by atoms with E-state index in [-0.39, 0.29) is 29.2 Å². The minimum absolute atomic E-state index is 0.0457. The fourth-order valence-corrected chi connectivity index (χ4v) is 5.29. The first-order valence-electron chi connectivity index (χ1n) is 12.1. The van der Waals surface area contributed by atoms with Crippen LogP contribution in [0.3, 0.4) is 0 Å². The van der Waals surface area contributed by atoms with Crippen molar-refractivity contribution in [2.45, 2.75) is 24.8 Å². The van der Waals surface area contributed by atoms with Crippen molar-refractivity contribution < 1.29 is 32.3 Å². The van der Waals surface area contributed by atoms with Gasteiger partial charge in [0.15, 0.2) is 0 Å². The van der Waals surface area contributed by atoms with E-state index in [1.807, 2.05) is 6.07 Å². The molecular weight excluding hydrogens is 543 g/mol. The number of rotatable bonds is 7. The van der Waals surface area contributed by atoms with E-state index in [0.717, 1.165) is 23.9 Å². The van der Waals surface area contributed by atoms with Crippen LogP contribution in [0.2, 0.25) is 0 Å². The first kappa shape index (κ1) is 28.4. The van der Waals surface area contributed by atoms with Gasteiger partial charge in [-0.2, -0.15) is 18.4 Å². The molecule has 204 valence electrons. The Balaban J connectivity index is 1.65. The highest BCUT2D eigenvalue weighted by atomic mass is 32.2. The number of hydrogen-bond acceptors (Lipinski definition) is 6. The van der Waals surface area contributed by atoms with E-state index >= 15 is 0 Å². The summed E-state index contributed by atoms with van der Waals surface area (Å²) in [5.74, 6) is -1.78. The molecule has 3 aromatic rings. The van der Waals surface area contributed by atoms with Crippen LogP contribution in [0.15, 0.2) is 89.5 Å². The van der Waals surface area contributed by atoms with Crippen molar-refractivity contribution in [2.75, 3.05) is 16.8 Å². The average molecular weight is 566 g/mol. The lowest BCUT2D eigenvalue weighted by molar-refractivity contribution is -0.137. The normalized spacial score (nSPS) is 16.3. The molecule has 1 saturated heterocycles. The molecule has 2 amide bonds. The molecule has 1 atom stereocenters. The van der Waals surface area contributed by atoms with E-state index in [1.54, 1.807) is 37.3 Å². The number of hydrogen-bond donors (Lipinski definition) is 1. The van der Waals surface area contributed by atoms with Gasteiger partial charge in [-0.25, -0.2) is 4.79 Å². The Kier molecular flexibility index (Phi) is 8.60. The molecule has 0 aromatic heterocycles. The fourth-order valence-electron chi connectivity index (χ4n) is 3.99. The van der Waals surface area contributed by atoms with Gasteiger partial charge in [0.2, 0.25) is 5.91 Å². The number of nitrogens with zero attached hydrogens (tertiary/aromatic N) is 2. The molecule has 0 unspecified atom stereocenters. The smallest absolute Gasteiger partial charge is 0.416 e. The summed E-state index contributed by atoms with van der Waals surface area (Å²) in [5, 5.41) is 11.7. The van der Waals surface area contributed by atoms with Gasteiger partial charge in [-0.3, -0.25) is 14.5 Å². The van der Waals surface area contributed by atoms with Gasteiger partial charge in [0, 0.05) is 11.4 Å². The summed E-state index contributed by atoms with van der Waals surface area (Å²) >= 11 is 0.944. The number of esters is 1. The molecule has 0 radical (unpaired) electrons. The lowest BCUT2D eigenvalue weighted by atomic mass is 10.1. The molecule has 4 rings (SSSR count). The van der Waals surface area contributed by atoms with Gasteiger partial charge < -0.3 is 10.1 Å². The molecule has 40 heavy (non-hydrogen) atoms. The van der Waals surface area contributed by atoms with E-state index in [2.05, 4.69) is 5.32 Å². The van der Waals surface area contributed by atoms with Crippen LogP contribution in [0.1, 0.15) is 28.4 Å². The van der Waals surface area contributed by atoms with Crippen molar-refractivity contribution in [1.82, 2.24) is 0 Å². The highest BCUT2D eigenvalue weighted by Crippen LogP contribution is 2.42. The van der Waals surface area contributed by atoms with Crippen molar-refractivity contribution in [3.05, 3.63) is 106 Å². The lowest BCUT2D eigenvalue weighted by Gasteiger charge is -2.18. The summed E-state index contributed by atoms with van der Waals surface area (Å²) < 4.78 is 44.6. The zero-order valence-electron chi connectivity index (χ0n) is 21.1. The average Bonchev–Trinajstić information content (AvgIpc) is 3.24. The summed E-state index contributed by atoms with van der Waals surface area (Å²) in [6.45, 7) is 1.89. The van der Waals surface area contributed by atoms with Crippen molar-refractivity contribution in [3.8, 4) is 6.07 Å². The number of ether oxygens (including phenoxy) is 1. The number of carbonyl (C=O) groups excluding carboxylic acids is 3. The Bertz CT molecular complexity index is 1500. The van der Waals surface area contributed by atoms with Crippen LogP contribution >= 0.6 is 11.8 Å². The Morgan fingerprint density at radius 1 is 1.05 bits per heavy atom. The monoisotopic (exact) mass is 565 g/mol. The largest absolute Gasteiger partial charge is 0.462 e. The van der Waals surface area contributed by atoms with Crippen LogP contribution in [0.4, 0.5) is 24.5 Å². The zero-order valence-corrected chi connectivity index (χ0v) is 21.9. The maximum absolute atomic E-state index is 13.5. The third kappa shape index (κ3) is 6.35. The third-order valence-electron chi connectivity index (χ3n) is 5.85. The Morgan fingerprint density at radius 2 is 1.75 bits per heavy atom. The number of anilines is 2. The maximum Gasteiger partial charge on any atom is 0.416 e. The Morgan fingerprint density at radius 3 is 2.38 bits per heavy atom. The van der Waals surface area contributed by atoms with E-state index in [0.29, 0.717) is 16.9 Å². The van der Waals surface area contributed by atoms with E-state index in [4.69, 9.17) is 4.74 Å². The molecule has 0 bridgehead atoms. The van der Waals surface area contributed by atoms with Crippen LogP contribution in [0.25, 0.3) is 0 Å². The molecule has 1 heterocycles. The van der Waals surface area contributed by atoms with Crippen molar-refractivity contribution in [3.63, 3.8) is 0 Å². The van der Waals surface area contributed by atoms with Gasteiger partial charge in [-0.15, -0.1) is 0 Å². The Labute approximate surface area is 232 Å². The van der Waals surface area contributed by atoms with Gasteiger partial charge in [0.25, 0.3) is 5.91 Å². The first-order chi connectivity index (χ1) is 19.1. The second kappa shape index (κ2) is 12.1. The topological polar surface area (TPSA) is 99.5 Å². The maximum atomic E-state index is 13.5. The molecule has 1 N–H and O–H groups in total. The molecule has 11 heteroatoms. The van der Waals surface area contributed by atoms with Crippen molar-refractivity contribution in [2.24, 2.45) is 0 Å². The standard InChI is InChI=1S/C29H22F3N3O4S/c1-2-39-28(38)19-11-13-21(14-12-19)34-25(36)23(17-33)27-35(22-9-4-3-5-10-22)26(37)24(40-27)16-18-7-6-8-20(15-18)29(30,31)32/h3-15,24H,2,16H2,1H3,(H,34,36)/b27-23-/t24-/m0/s1. The highest BCUT2D eigenvalue weighted by molar-refractivity contribution is 8.05. The first-order valence-corrected chi connectivity index (χ1v) is 12.9. The van der Waals surface area contributed by atoms with Crippen molar-refractivity contribution in [1.29, 1.82) is 5.26 Å². The molecule has 7 nitrogen and oxygen atoms in total. The summed E-state index contributed by atoms with van der Waals surface area (Å²) in [4.78, 5) is 39.8. The third-order valence-corrected chi connectivity index (χ3v) is 7.11. The van der Waals surface area contributed by atoms with Gasteiger partial charge in [0.05, 0.1) is 23.0 Å². The zero-order chi connectivity index (χ0) is 28.9. The highest BCUT2D eigenvalue weighted by Gasteiger charge is 2.41. The number of nitriles is 1. The number of halogens is 3. The van der Waals surface area contributed by atoms with Crippen molar-refractivity contribution >= 4 is 40.9 Å². The summed E-state index contributed by atoms with van der Waals surface area (Å²) in [5.41, 5.74) is 0.0988. The van der Waals surface area contributed by atoms with E-state index < -0.39 is 34.8 Å². The molecule has 0 spiro atoms. The number of thioether (sulfide) groups is 1. The number of carbonyl (C=O) groups is 3. The van der Waals surface area contributed by atoms with Crippen LogP contribution in [-0.4, -0.2) is 29.6 Å². The molecule has 3 aromatic carbocycles. The molecule has 1 fully saturated rings. The van der Waals surface area contributed by atoms with Crippen LogP contribution in [-0.2, 0) is 26.9 Å². The van der Waals surface area contributed by atoms with E-state index in [9.17, 15) is 32.8 Å². The number of alkyl halides is 3. The number of benzene rings is 3. The van der Waals surface area contributed by atoms with Crippen LogP contribution in [0.5, 0.6) is 0 Å².